The second-order valence-electron chi connectivity index (χ2n) is 3.79. The molecule has 0 heterocycles. The van der Waals surface area contributed by atoms with E-state index in [0.29, 0.717) is 12.1 Å². The number of carbonyl (C=O) groups is 2. The minimum Gasteiger partial charge on any atom is -0.465 e. The molecule has 0 saturated carbocycles. The third-order valence-corrected chi connectivity index (χ3v) is 2.32. The summed E-state index contributed by atoms with van der Waals surface area (Å²) in [5.41, 5.74) is -2.76. The van der Waals surface area contributed by atoms with Gasteiger partial charge >= 0.3 is 18.4 Å². The number of rotatable bonds is 3. The van der Waals surface area contributed by atoms with E-state index in [-0.39, 0.29) is 11.0 Å². The maximum absolute atomic E-state index is 12.6. The van der Waals surface area contributed by atoms with Crippen LogP contribution in [0.3, 0.4) is 0 Å². The van der Waals surface area contributed by atoms with Gasteiger partial charge in [0.1, 0.15) is 0 Å². The Labute approximate surface area is 114 Å². The molecule has 8 nitrogen and oxygen atoms in total. The zero-order chi connectivity index (χ0) is 16.4. The fourth-order valence-corrected chi connectivity index (χ4v) is 1.43. The normalized spacial score (nSPS) is 11.0. The molecule has 0 atom stereocenters. The van der Waals surface area contributed by atoms with E-state index < -0.39 is 46.6 Å². The minimum atomic E-state index is -4.89. The number of benzene rings is 1. The predicted molar refractivity (Wildman–Crippen MR) is 59.7 cm³/mol. The summed E-state index contributed by atoms with van der Waals surface area (Å²) in [6.45, 7) is -0.963. The Morgan fingerprint density at radius 1 is 1.19 bits per heavy atom. The monoisotopic (exact) mass is 308 g/mol. The molecule has 0 spiro atoms. The van der Waals surface area contributed by atoms with Gasteiger partial charge in [-0.1, -0.05) is 0 Å². The number of hydrogen-bond donors (Lipinski definition) is 2. The molecule has 2 amide bonds. The topological polar surface area (TPSA) is 121 Å². The van der Waals surface area contributed by atoms with Crippen LogP contribution >= 0.6 is 0 Å². The van der Waals surface area contributed by atoms with Crippen LogP contribution in [0.15, 0.2) is 18.2 Å². The van der Waals surface area contributed by atoms with Gasteiger partial charge in [0.2, 0.25) is 0 Å². The van der Waals surface area contributed by atoms with Crippen LogP contribution in [0.2, 0.25) is 0 Å². The first kappa shape index (κ1) is 16.2. The van der Waals surface area contributed by atoms with Crippen molar-refractivity contribution < 1.29 is 37.9 Å². The van der Waals surface area contributed by atoms with Gasteiger partial charge in [-0.25, -0.2) is 14.5 Å². The van der Waals surface area contributed by atoms with E-state index in [9.17, 15) is 32.9 Å². The first-order chi connectivity index (χ1) is 9.52. The molecule has 0 aliphatic carbocycles. The highest BCUT2D eigenvalue weighted by Crippen LogP contribution is 2.32. The molecule has 0 aliphatic heterocycles. The van der Waals surface area contributed by atoms with E-state index in [2.05, 4.69) is 0 Å². The zero-order valence-corrected chi connectivity index (χ0v) is 9.99. The largest absolute Gasteiger partial charge is 0.465 e. The van der Waals surface area contributed by atoms with Crippen molar-refractivity contribution >= 4 is 17.9 Å². The molecule has 1 aromatic carbocycles. The molecule has 11 heteroatoms. The number of halogens is 3. The van der Waals surface area contributed by atoms with Gasteiger partial charge in [-0.15, -0.1) is 0 Å². The molecule has 21 heavy (non-hydrogen) atoms. The molecule has 0 unspecified atom stereocenters. The van der Waals surface area contributed by atoms with Crippen LogP contribution in [-0.2, 0) is 12.7 Å². The summed E-state index contributed by atoms with van der Waals surface area (Å²) in [4.78, 5) is 30.6. The number of nitro groups is 1. The number of nitro benzene ring substituents is 1. The number of carboxylic acid groups (broad SMARTS) is 2. The molecular formula is C10H7F3N2O6. The lowest BCUT2D eigenvalue weighted by Gasteiger charge is -2.14. The highest BCUT2D eigenvalue weighted by Gasteiger charge is 2.33. The van der Waals surface area contributed by atoms with Gasteiger partial charge in [0, 0.05) is 12.1 Å². The van der Waals surface area contributed by atoms with Crippen molar-refractivity contribution in [2.45, 2.75) is 12.7 Å². The maximum Gasteiger partial charge on any atom is 0.417 e. The smallest absolute Gasteiger partial charge is 0.417 e. The summed E-state index contributed by atoms with van der Waals surface area (Å²) in [5, 5.41) is 27.8. The highest BCUT2D eigenvalue weighted by atomic mass is 19.4. The molecule has 1 aromatic rings. The number of alkyl halides is 3. The first-order valence-electron chi connectivity index (χ1n) is 5.11. The van der Waals surface area contributed by atoms with Crippen LogP contribution in [0.1, 0.15) is 11.1 Å². The lowest BCUT2D eigenvalue weighted by molar-refractivity contribution is -0.385. The molecule has 0 bridgehead atoms. The number of hydrogen-bond acceptors (Lipinski definition) is 4. The number of nitrogens with zero attached hydrogens (tertiary/aromatic N) is 2. The van der Waals surface area contributed by atoms with Crippen LogP contribution in [0, 0.1) is 10.1 Å². The maximum atomic E-state index is 12.6. The summed E-state index contributed by atoms with van der Waals surface area (Å²) in [6, 6.07) is 1.40. The standard InChI is InChI=1S/C10H7F3N2O6/c11-10(12,13)6-1-5(2-7(3-6)15(20)21)4-14(8(16)17)9(18)19/h1-3H,4H2,(H,16,17)(H,18,19). The molecule has 0 saturated heterocycles. The Morgan fingerprint density at radius 3 is 2.10 bits per heavy atom. The van der Waals surface area contributed by atoms with Crippen molar-refractivity contribution in [2.24, 2.45) is 0 Å². The first-order valence-corrected chi connectivity index (χ1v) is 5.11. The number of non-ortho nitro benzene ring substituents is 1. The highest BCUT2D eigenvalue weighted by molar-refractivity contribution is 5.85. The Bertz CT molecular complexity index is 587. The van der Waals surface area contributed by atoms with Crippen molar-refractivity contribution in [3.05, 3.63) is 39.4 Å². The second-order valence-corrected chi connectivity index (χ2v) is 3.79. The van der Waals surface area contributed by atoms with Gasteiger partial charge in [-0.05, 0) is 11.6 Å². The average molecular weight is 308 g/mol. The lowest BCUT2D eigenvalue weighted by Crippen LogP contribution is -2.33. The number of amides is 2. The van der Waals surface area contributed by atoms with Crippen molar-refractivity contribution in [2.75, 3.05) is 0 Å². The third-order valence-electron chi connectivity index (χ3n) is 2.32. The quantitative estimate of drug-likeness (QED) is 0.654. The summed E-state index contributed by atoms with van der Waals surface area (Å²) in [6.07, 6.45) is -8.72. The van der Waals surface area contributed by atoms with E-state index in [1.54, 1.807) is 0 Å². The van der Waals surface area contributed by atoms with Crippen LogP contribution in [-0.4, -0.2) is 32.2 Å². The summed E-state index contributed by atoms with van der Waals surface area (Å²) in [5.74, 6) is 0. The lowest BCUT2D eigenvalue weighted by atomic mass is 10.1. The molecule has 0 radical (unpaired) electrons. The summed E-state index contributed by atoms with van der Waals surface area (Å²) in [7, 11) is 0. The van der Waals surface area contributed by atoms with Gasteiger partial charge in [0.05, 0.1) is 17.0 Å². The van der Waals surface area contributed by atoms with Crippen molar-refractivity contribution in [1.82, 2.24) is 4.90 Å². The molecule has 0 aromatic heterocycles. The molecule has 114 valence electrons. The van der Waals surface area contributed by atoms with Gasteiger partial charge in [0.25, 0.3) is 5.69 Å². The van der Waals surface area contributed by atoms with Crippen LogP contribution in [0.25, 0.3) is 0 Å². The van der Waals surface area contributed by atoms with E-state index in [1.807, 2.05) is 0 Å². The van der Waals surface area contributed by atoms with E-state index in [4.69, 9.17) is 10.2 Å². The van der Waals surface area contributed by atoms with Gasteiger partial charge < -0.3 is 10.2 Å². The SMILES string of the molecule is O=C(O)N(Cc1cc([N+](=O)[O-])cc(C(F)(F)F)c1)C(=O)O. The van der Waals surface area contributed by atoms with E-state index in [1.165, 1.54) is 0 Å². The van der Waals surface area contributed by atoms with Crippen molar-refractivity contribution in [3.63, 3.8) is 0 Å². The molecule has 0 aliphatic rings. The average Bonchev–Trinajstić information content (AvgIpc) is 2.33. The Morgan fingerprint density at radius 2 is 1.71 bits per heavy atom. The summed E-state index contributed by atoms with van der Waals surface area (Å²) >= 11 is 0. The van der Waals surface area contributed by atoms with E-state index >= 15 is 0 Å². The van der Waals surface area contributed by atoms with Crippen molar-refractivity contribution in [3.8, 4) is 0 Å². The Kier molecular flexibility index (Phi) is 4.36. The fraction of sp³-hybridized carbons (Fsp3) is 0.200. The molecular weight excluding hydrogens is 301 g/mol. The van der Waals surface area contributed by atoms with Crippen LogP contribution in [0.4, 0.5) is 28.4 Å². The van der Waals surface area contributed by atoms with Gasteiger partial charge in [-0.2, -0.15) is 13.2 Å². The number of imide groups is 1. The predicted octanol–water partition coefficient (Wildman–Crippen LogP) is 2.77. The minimum absolute atomic E-state index is 0.195. The third kappa shape index (κ3) is 4.06. The summed E-state index contributed by atoms with van der Waals surface area (Å²) < 4.78 is 37.8. The molecule has 1 rings (SSSR count). The van der Waals surface area contributed by atoms with Gasteiger partial charge in [-0.3, -0.25) is 10.1 Å². The van der Waals surface area contributed by atoms with Gasteiger partial charge in [0.15, 0.2) is 0 Å². The Hall–Kier alpha value is -2.85. The van der Waals surface area contributed by atoms with Crippen LogP contribution < -0.4 is 0 Å². The van der Waals surface area contributed by atoms with Crippen LogP contribution in [0.5, 0.6) is 0 Å². The van der Waals surface area contributed by atoms with E-state index in [0.717, 1.165) is 0 Å². The second kappa shape index (κ2) is 5.64. The fourth-order valence-electron chi connectivity index (χ4n) is 1.43. The zero-order valence-electron chi connectivity index (χ0n) is 9.99. The molecule has 2 N–H and O–H groups in total. The van der Waals surface area contributed by atoms with Crippen molar-refractivity contribution in [1.29, 1.82) is 0 Å². The Balaban J connectivity index is 3.29. The molecule has 0 fully saturated rings.